The van der Waals surface area contributed by atoms with E-state index in [0.29, 0.717) is 16.3 Å². The van der Waals surface area contributed by atoms with Gasteiger partial charge >= 0.3 is 0 Å². The molecule has 5 heteroatoms. The number of nitrogens with zero attached hydrogens (tertiary/aromatic N) is 1. The van der Waals surface area contributed by atoms with Gasteiger partial charge in [0.15, 0.2) is 11.6 Å². The zero-order valence-corrected chi connectivity index (χ0v) is 10.4. The number of nitrogens with one attached hydrogen (secondary N) is 1. The number of hydrogen-bond donors (Lipinski definition) is 1. The van der Waals surface area contributed by atoms with Gasteiger partial charge in [0.1, 0.15) is 0 Å². The Balaban J connectivity index is 2.45. The quantitative estimate of drug-likeness (QED) is 0.924. The van der Waals surface area contributed by atoms with Gasteiger partial charge in [-0.2, -0.15) is 0 Å². The molecule has 0 aliphatic carbocycles. The van der Waals surface area contributed by atoms with E-state index in [1.807, 2.05) is 0 Å². The van der Waals surface area contributed by atoms with Gasteiger partial charge in [0, 0.05) is 6.20 Å². The van der Waals surface area contributed by atoms with E-state index in [9.17, 15) is 8.78 Å². The molecule has 2 nitrogen and oxygen atoms in total. The van der Waals surface area contributed by atoms with E-state index in [1.165, 1.54) is 6.07 Å². The molecule has 0 fully saturated rings. The largest absolute Gasteiger partial charge is 0.308 e. The zero-order chi connectivity index (χ0) is 13.1. The van der Waals surface area contributed by atoms with E-state index < -0.39 is 11.6 Å². The summed E-state index contributed by atoms with van der Waals surface area (Å²) in [6.07, 6.45) is 1.60. The number of rotatable bonds is 3. The lowest BCUT2D eigenvalue weighted by Crippen LogP contribution is -2.19. The molecule has 0 aliphatic rings. The summed E-state index contributed by atoms with van der Waals surface area (Å²) >= 11 is 6.05. The van der Waals surface area contributed by atoms with Crippen molar-refractivity contribution >= 4 is 11.6 Å². The molecule has 18 heavy (non-hydrogen) atoms. The molecule has 1 aromatic carbocycles. The number of hydrogen-bond acceptors (Lipinski definition) is 2. The highest BCUT2D eigenvalue weighted by Crippen LogP contribution is 2.26. The predicted octanol–water partition coefficient (Wildman–Crippen LogP) is 3.32. The van der Waals surface area contributed by atoms with E-state index in [2.05, 4.69) is 10.3 Å². The van der Waals surface area contributed by atoms with Crippen molar-refractivity contribution in [2.24, 2.45) is 0 Å². The lowest BCUT2D eigenvalue weighted by atomic mass is 10.0. The van der Waals surface area contributed by atoms with Crippen molar-refractivity contribution in [1.82, 2.24) is 10.3 Å². The fraction of sp³-hybridized carbons (Fsp3) is 0.154. The molecule has 1 atom stereocenters. The van der Waals surface area contributed by atoms with E-state index >= 15 is 0 Å². The molecular weight excluding hydrogens is 258 g/mol. The molecule has 0 spiro atoms. The Morgan fingerprint density at radius 2 is 2.00 bits per heavy atom. The van der Waals surface area contributed by atoms with Crippen molar-refractivity contribution in [3.05, 3.63) is 64.4 Å². The molecular formula is C13H11ClF2N2. The number of pyridine rings is 1. The number of benzene rings is 1. The van der Waals surface area contributed by atoms with E-state index in [4.69, 9.17) is 11.6 Å². The molecule has 1 N–H and O–H groups in total. The van der Waals surface area contributed by atoms with E-state index in [-0.39, 0.29) is 6.04 Å². The van der Waals surface area contributed by atoms with Gasteiger partial charge in [-0.15, -0.1) is 0 Å². The fourth-order valence-electron chi connectivity index (χ4n) is 1.76. The third kappa shape index (κ3) is 2.49. The number of aromatic nitrogens is 1. The topological polar surface area (TPSA) is 24.9 Å². The molecule has 0 radical (unpaired) electrons. The summed E-state index contributed by atoms with van der Waals surface area (Å²) < 4.78 is 26.1. The molecule has 94 valence electrons. The monoisotopic (exact) mass is 268 g/mol. The van der Waals surface area contributed by atoms with Gasteiger partial charge in [-0.05, 0) is 36.9 Å². The standard InChI is InChI=1S/C13H11ClF2N2/c1-17-12(13-9(14)3-2-6-18-13)8-4-5-10(15)11(16)7-8/h2-7,12,17H,1H3. The summed E-state index contributed by atoms with van der Waals surface area (Å²) in [7, 11) is 1.71. The third-order valence-electron chi connectivity index (χ3n) is 2.63. The summed E-state index contributed by atoms with van der Waals surface area (Å²) in [4.78, 5) is 4.17. The summed E-state index contributed by atoms with van der Waals surface area (Å²) in [6.45, 7) is 0. The molecule has 0 saturated carbocycles. The first kappa shape index (κ1) is 12.9. The highest BCUT2D eigenvalue weighted by atomic mass is 35.5. The van der Waals surface area contributed by atoms with Crippen LogP contribution in [0, 0.1) is 11.6 Å². The van der Waals surface area contributed by atoms with Gasteiger partial charge in [-0.25, -0.2) is 8.78 Å². The van der Waals surface area contributed by atoms with Gasteiger partial charge in [0.2, 0.25) is 0 Å². The average Bonchev–Trinajstić information content (AvgIpc) is 2.37. The van der Waals surface area contributed by atoms with Gasteiger partial charge in [-0.3, -0.25) is 4.98 Å². The predicted molar refractivity (Wildman–Crippen MR) is 66.5 cm³/mol. The van der Waals surface area contributed by atoms with Crippen LogP contribution in [0.3, 0.4) is 0 Å². The van der Waals surface area contributed by atoms with Crippen LogP contribution in [0.15, 0.2) is 36.5 Å². The van der Waals surface area contributed by atoms with Crippen molar-refractivity contribution in [3.8, 4) is 0 Å². The molecule has 1 heterocycles. The normalized spacial score (nSPS) is 12.4. The maximum absolute atomic E-state index is 13.2. The SMILES string of the molecule is CNC(c1ccc(F)c(F)c1)c1ncccc1Cl. The Morgan fingerprint density at radius 1 is 1.22 bits per heavy atom. The Bertz CT molecular complexity index is 560. The van der Waals surface area contributed by atoms with E-state index in [0.717, 1.165) is 12.1 Å². The molecule has 0 aliphatic heterocycles. The highest BCUT2D eigenvalue weighted by Gasteiger charge is 2.17. The van der Waals surface area contributed by atoms with Crippen LogP contribution in [-0.4, -0.2) is 12.0 Å². The lowest BCUT2D eigenvalue weighted by Gasteiger charge is -2.17. The first-order valence-corrected chi connectivity index (χ1v) is 5.74. The van der Waals surface area contributed by atoms with Gasteiger partial charge in [-0.1, -0.05) is 17.7 Å². The maximum Gasteiger partial charge on any atom is 0.159 e. The second kappa shape index (κ2) is 5.42. The fourth-order valence-corrected chi connectivity index (χ4v) is 1.99. The number of halogens is 3. The molecule has 0 amide bonds. The Kier molecular flexibility index (Phi) is 3.89. The van der Waals surface area contributed by atoms with Crippen molar-refractivity contribution < 1.29 is 8.78 Å². The Labute approximate surface area is 109 Å². The molecule has 2 rings (SSSR count). The third-order valence-corrected chi connectivity index (χ3v) is 2.95. The average molecular weight is 269 g/mol. The van der Waals surface area contributed by atoms with Crippen LogP contribution >= 0.6 is 11.6 Å². The second-order valence-electron chi connectivity index (χ2n) is 3.77. The zero-order valence-electron chi connectivity index (χ0n) is 9.62. The van der Waals surface area contributed by atoms with Crippen LogP contribution in [0.5, 0.6) is 0 Å². The molecule has 1 unspecified atom stereocenters. The van der Waals surface area contributed by atoms with Gasteiger partial charge < -0.3 is 5.32 Å². The summed E-state index contributed by atoms with van der Waals surface area (Å²) in [5.41, 5.74) is 1.14. The Morgan fingerprint density at radius 3 is 2.61 bits per heavy atom. The first-order valence-electron chi connectivity index (χ1n) is 5.36. The van der Waals surface area contributed by atoms with E-state index in [1.54, 1.807) is 25.4 Å². The smallest absolute Gasteiger partial charge is 0.159 e. The maximum atomic E-state index is 13.2. The van der Waals surface area contributed by atoms with Crippen molar-refractivity contribution in [1.29, 1.82) is 0 Å². The second-order valence-corrected chi connectivity index (χ2v) is 4.17. The minimum absolute atomic E-state index is 0.381. The van der Waals surface area contributed by atoms with Crippen molar-refractivity contribution in [2.45, 2.75) is 6.04 Å². The minimum atomic E-state index is -0.889. The Hall–Kier alpha value is -1.52. The molecule has 1 aromatic heterocycles. The molecule has 0 bridgehead atoms. The minimum Gasteiger partial charge on any atom is -0.308 e. The van der Waals surface area contributed by atoms with Crippen molar-refractivity contribution in [2.75, 3.05) is 7.05 Å². The highest BCUT2D eigenvalue weighted by molar-refractivity contribution is 6.31. The first-order chi connectivity index (χ1) is 8.63. The van der Waals surface area contributed by atoms with Crippen molar-refractivity contribution in [3.63, 3.8) is 0 Å². The van der Waals surface area contributed by atoms with Gasteiger partial charge in [0.05, 0.1) is 16.8 Å². The van der Waals surface area contributed by atoms with Crippen LogP contribution in [0.2, 0.25) is 5.02 Å². The van der Waals surface area contributed by atoms with Crippen LogP contribution < -0.4 is 5.32 Å². The van der Waals surface area contributed by atoms with Crippen LogP contribution in [0.4, 0.5) is 8.78 Å². The molecule has 2 aromatic rings. The van der Waals surface area contributed by atoms with Crippen LogP contribution in [0.25, 0.3) is 0 Å². The summed E-state index contributed by atoms with van der Waals surface area (Å²) in [5.74, 6) is -1.76. The van der Waals surface area contributed by atoms with Crippen LogP contribution in [0.1, 0.15) is 17.3 Å². The lowest BCUT2D eigenvalue weighted by molar-refractivity contribution is 0.504. The van der Waals surface area contributed by atoms with Gasteiger partial charge in [0.25, 0.3) is 0 Å². The summed E-state index contributed by atoms with van der Waals surface area (Å²) in [6, 6.07) is 6.77. The molecule has 0 saturated heterocycles. The summed E-state index contributed by atoms with van der Waals surface area (Å²) in [5, 5.41) is 3.46. The van der Waals surface area contributed by atoms with Crippen LogP contribution in [-0.2, 0) is 0 Å².